The fourth-order valence-electron chi connectivity index (χ4n) is 1.96. The van der Waals surface area contributed by atoms with Gasteiger partial charge in [-0.3, -0.25) is 4.68 Å². The Balaban J connectivity index is 2.33. The highest BCUT2D eigenvalue weighted by atomic mass is 15.3. The molecule has 3 heteroatoms. The lowest BCUT2D eigenvalue weighted by Crippen LogP contribution is -2.23. The van der Waals surface area contributed by atoms with Gasteiger partial charge < -0.3 is 5.32 Å². The van der Waals surface area contributed by atoms with Gasteiger partial charge in [-0.1, -0.05) is 6.92 Å². The number of rotatable bonds is 2. The van der Waals surface area contributed by atoms with E-state index in [9.17, 15) is 0 Å². The summed E-state index contributed by atoms with van der Waals surface area (Å²) in [6.07, 6.45) is 2.31. The summed E-state index contributed by atoms with van der Waals surface area (Å²) in [6.45, 7) is 7.49. The van der Waals surface area contributed by atoms with E-state index >= 15 is 0 Å². The normalized spacial score (nSPS) is 15.8. The third kappa shape index (κ3) is 1.48. The van der Waals surface area contributed by atoms with E-state index in [0.717, 1.165) is 32.5 Å². The molecule has 1 aliphatic heterocycles. The zero-order chi connectivity index (χ0) is 9.26. The standard InChI is InChI=1S/C10H17N3/c1-3-6-13-8(2)9-4-5-11-7-10(9)12-13/h11H,3-7H2,1-2H3. The van der Waals surface area contributed by atoms with Crippen LogP contribution in [0.2, 0.25) is 0 Å². The first-order chi connectivity index (χ1) is 6.33. The van der Waals surface area contributed by atoms with E-state index < -0.39 is 0 Å². The van der Waals surface area contributed by atoms with Crippen LogP contribution in [-0.2, 0) is 19.5 Å². The van der Waals surface area contributed by atoms with Crippen LogP contribution in [0.25, 0.3) is 0 Å². The predicted molar refractivity (Wildman–Crippen MR) is 52.7 cm³/mol. The van der Waals surface area contributed by atoms with E-state index in [4.69, 9.17) is 0 Å². The second-order valence-corrected chi connectivity index (χ2v) is 3.66. The maximum absolute atomic E-state index is 4.59. The average Bonchev–Trinajstić information content (AvgIpc) is 2.46. The maximum Gasteiger partial charge on any atom is 0.0797 e. The van der Waals surface area contributed by atoms with Crippen molar-refractivity contribution >= 4 is 0 Å². The molecule has 13 heavy (non-hydrogen) atoms. The highest BCUT2D eigenvalue weighted by Gasteiger charge is 2.16. The lowest BCUT2D eigenvalue weighted by Gasteiger charge is -2.10. The van der Waals surface area contributed by atoms with E-state index in [-0.39, 0.29) is 0 Å². The molecule has 1 N–H and O–H groups in total. The van der Waals surface area contributed by atoms with Crippen molar-refractivity contribution in [2.75, 3.05) is 6.54 Å². The van der Waals surface area contributed by atoms with Crippen molar-refractivity contribution in [2.24, 2.45) is 0 Å². The molecule has 0 aromatic carbocycles. The Morgan fingerprint density at radius 3 is 3.08 bits per heavy atom. The first-order valence-corrected chi connectivity index (χ1v) is 5.08. The molecule has 1 aliphatic rings. The van der Waals surface area contributed by atoms with Crippen LogP contribution in [-0.4, -0.2) is 16.3 Å². The van der Waals surface area contributed by atoms with E-state index in [1.54, 1.807) is 0 Å². The van der Waals surface area contributed by atoms with Crippen molar-refractivity contribution in [3.8, 4) is 0 Å². The zero-order valence-corrected chi connectivity index (χ0v) is 8.43. The van der Waals surface area contributed by atoms with Crippen LogP contribution in [0.5, 0.6) is 0 Å². The minimum atomic E-state index is 0.951. The molecule has 0 saturated carbocycles. The largest absolute Gasteiger partial charge is 0.311 e. The molecule has 0 atom stereocenters. The van der Waals surface area contributed by atoms with Crippen molar-refractivity contribution in [2.45, 2.75) is 39.8 Å². The van der Waals surface area contributed by atoms with Crippen molar-refractivity contribution in [1.82, 2.24) is 15.1 Å². The topological polar surface area (TPSA) is 29.9 Å². The molecule has 1 aromatic heterocycles. The second kappa shape index (κ2) is 3.50. The molecule has 0 bridgehead atoms. The molecule has 0 saturated heterocycles. The summed E-state index contributed by atoms with van der Waals surface area (Å²) in [4.78, 5) is 0. The first-order valence-electron chi connectivity index (χ1n) is 5.08. The van der Waals surface area contributed by atoms with Gasteiger partial charge in [0, 0.05) is 18.8 Å². The molecule has 0 fully saturated rings. The molecular weight excluding hydrogens is 162 g/mol. The van der Waals surface area contributed by atoms with Crippen molar-refractivity contribution in [1.29, 1.82) is 0 Å². The van der Waals surface area contributed by atoms with Crippen LogP contribution in [0.4, 0.5) is 0 Å². The Labute approximate surface area is 79.1 Å². The van der Waals surface area contributed by atoms with Crippen molar-refractivity contribution < 1.29 is 0 Å². The minimum Gasteiger partial charge on any atom is -0.311 e. The molecule has 72 valence electrons. The number of fused-ring (bicyclic) bond motifs is 1. The zero-order valence-electron chi connectivity index (χ0n) is 8.43. The smallest absolute Gasteiger partial charge is 0.0797 e. The van der Waals surface area contributed by atoms with Crippen molar-refractivity contribution in [3.63, 3.8) is 0 Å². The van der Waals surface area contributed by atoms with Gasteiger partial charge in [0.15, 0.2) is 0 Å². The summed E-state index contributed by atoms with van der Waals surface area (Å²) < 4.78 is 2.15. The van der Waals surface area contributed by atoms with Gasteiger partial charge in [-0.05, 0) is 31.9 Å². The van der Waals surface area contributed by atoms with Crippen LogP contribution in [0.3, 0.4) is 0 Å². The van der Waals surface area contributed by atoms with Crippen LogP contribution in [0.15, 0.2) is 0 Å². The van der Waals surface area contributed by atoms with Gasteiger partial charge in [-0.15, -0.1) is 0 Å². The molecule has 0 unspecified atom stereocenters. The molecule has 2 rings (SSSR count). The predicted octanol–water partition coefficient (Wildman–Crippen LogP) is 1.25. The number of aromatic nitrogens is 2. The Morgan fingerprint density at radius 2 is 2.38 bits per heavy atom. The van der Waals surface area contributed by atoms with E-state index in [1.807, 2.05) is 0 Å². The van der Waals surface area contributed by atoms with Crippen LogP contribution in [0.1, 0.15) is 30.3 Å². The summed E-state index contributed by atoms with van der Waals surface area (Å²) in [6, 6.07) is 0. The van der Waals surface area contributed by atoms with Gasteiger partial charge in [0.1, 0.15) is 0 Å². The van der Waals surface area contributed by atoms with Gasteiger partial charge in [0.2, 0.25) is 0 Å². The number of hydrogen-bond donors (Lipinski definition) is 1. The fraction of sp³-hybridized carbons (Fsp3) is 0.700. The number of aryl methyl sites for hydroxylation is 1. The summed E-state index contributed by atoms with van der Waals surface area (Å²) in [5.74, 6) is 0. The fourth-order valence-corrected chi connectivity index (χ4v) is 1.96. The monoisotopic (exact) mass is 179 g/mol. The first kappa shape index (κ1) is 8.75. The molecule has 0 spiro atoms. The van der Waals surface area contributed by atoms with Gasteiger partial charge in [-0.2, -0.15) is 5.10 Å². The van der Waals surface area contributed by atoms with Crippen LogP contribution < -0.4 is 5.32 Å². The molecule has 3 nitrogen and oxygen atoms in total. The summed E-state index contributed by atoms with van der Waals surface area (Å²) >= 11 is 0. The van der Waals surface area contributed by atoms with Gasteiger partial charge >= 0.3 is 0 Å². The maximum atomic E-state index is 4.59. The lowest BCUT2D eigenvalue weighted by molar-refractivity contribution is 0.572. The quantitative estimate of drug-likeness (QED) is 0.740. The summed E-state index contributed by atoms with van der Waals surface area (Å²) in [7, 11) is 0. The minimum absolute atomic E-state index is 0.951. The Morgan fingerprint density at radius 1 is 1.54 bits per heavy atom. The number of nitrogens with one attached hydrogen (secondary N) is 1. The summed E-state index contributed by atoms with van der Waals surface area (Å²) in [5, 5.41) is 7.94. The van der Waals surface area contributed by atoms with Gasteiger partial charge in [0.05, 0.1) is 5.69 Å². The Kier molecular flexibility index (Phi) is 2.36. The average molecular weight is 179 g/mol. The van der Waals surface area contributed by atoms with E-state index in [0.29, 0.717) is 0 Å². The van der Waals surface area contributed by atoms with Crippen molar-refractivity contribution in [3.05, 3.63) is 17.0 Å². The number of nitrogens with zero attached hydrogens (tertiary/aromatic N) is 2. The Bertz CT molecular complexity index is 301. The SMILES string of the molecule is CCCn1nc2c(c1C)CCNC2. The molecular formula is C10H17N3. The molecule has 0 radical (unpaired) electrons. The van der Waals surface area contributed by atoms with Crippen LogP contribution in [0, 0.1) is 6.92 Å². The molecule has 1 aromatic rings. The molecule has 0 amide bonds. The summed E-state index contributed by atoms with van der Waals surface area (Å²) in [5.41, 5.74) is 4.11. The Hall–Kier alpha value is -0.830. The lowest BCUT2D eigenvalue weighted by atomic mass is 10.1. The molecule has 0 aliphatic carbocycles. The number of hydrogen-bond acceptors (Lipinski definition) is 2. The highest BCUT2D eigenvalue weighted by molar-refractivity contribution is 5.27. The highest BCUT2D eigenvalue weighted by Crippen LogP contribution is 2.17. The van der Waals surface area contributed by atoms with E-state index in [1.165, 1.54) is 17.0 Å². The van der Waals surface area contributed by atoms with E-state index in [2.05, 4.69) is 28.9 Å². The van der Waals surface area contributed by atoms with Crippen LogP contribution >= 0.6 is 0 Å². The third-order valence-electron chi connectivity index (χ3n) is 2.69. The van der Waals surface area contributed by atoms with Gasteiger partial charge in [-0.25, -0.2) is 0 Å². The second-order valence-electron chi connectivity index (χ2n) is 3.66. The van der Waals surface area contributed by atoms with Gasteiger partial charge in [0.25, 0.3) is 0 Å². The molecule has 2 heterocycles. The third-order valence-corrected chi connectivity index (χ3v) is 2.69.